The molecule has 2 atom stereocenters. The molecule has 118 valence electrons. The van der Waals surface area contributed by atoms with Crippen LogP contribution in [0.25, 0.3) is 0 Å². The molecule has 1 aliphatic rings. The van der Waals surface area contributed by atoms with Crippen molar-refractivity contribution >= 4 is 10.0 Å². The summed E-state index contributed by atoms with van der Waals surface area (Å²) < 4.78 is 41.3. The van der Waals surface area contributed by atoms with E-state index in [4.69, 9.17) is 5.73 Å². The van der Waals surface area contributed by atoms with Crippen LogP contribution in [-0.2, 0) is 16.6 Å². The molecule has 0 radical (unpaired) electrons. The van der Waals surface area contributed by atoms with Crippen molar-refractivity contribution in [3.8, 4) is 0 Å². The van der Waals surface area contributed by atoms with Crippen LogP contribution in [0.4, 0.5) is 4.39 Å². The van der Waals surface area contributed by atoms with Gasteiger partial charge in [0.1, 0.15) is 10.7 Å². The average Bonchev–Trinajstić information content (AvgIpc) is 2.37. The fourth-order valence-electron chi connectivity index (χ4n) is 3.21. The van der Waals surface area contributed by atoms with Crippen molar-refractivity contribution in [2.45, 2.75) is 50.6 Å². The smallest absolute Gasteiger partial charge is 0.243 e. The van der Waals surface area contributed by atoms with Crippen molar-refractivity contribution in [2.24, 2.45) is 17.6 Å². The molecule has 4 nitrogen and oxygen atoms in total. The summed E-state index contributed by atoms with van der Waals surface area (Å²) in [5.41, 5.74) is 6.09. The lowest BCUT2D eigenvalue weighted by Gasteiger charge is -2.31. The van der Waals surface area contributed by atoms with Gasteiger partial charge in [-0.1, -0.05) is 19.9 Å². The summed E-state index contributed by atoms with van der Waals surface area (Å²) in [6, 6.07) is 3.84. The molecule has 1 aromatic rings. The quantitative estimate of drug-likeness (QED) is 0.896. The molecule has 2 unspecified atom stereocenters. The first-order chi connectivity index (χ1) is 9.81. The molecule has 6 heteroatoms. The Kier molecular flexibility index (Phi) is 5.01. The van der Waals surface area contributed by atoms with Crippen LogP contribution < -0.4 is 10.5 Å². The van der Waals surface area contributed by atoms with Crippen LogP contribution in [0.5, 0.6) is 0 Å². The van der Waals surface area contributed by atoms with Gasteiger partial charge in [0.05, 0.1) is 0 Å². The van der Waals surface area contributed by atoms with Crippen molar-refractivity contribution in [2.75, 3.05) is 0 Å². The summed E-state index contributed by atoms with van der Waals surface area (Å²) in [5.74, 6) is 0.208. The zero-order valence-corrected chi connectivity index (χ0v) is 13.3. The zero-order chi connectivity index (χ0) is 15.6. The summed E-state index contributed by atoms with van der Waals surface area (Å²) in [6.45, 7) is 4.42. The Labute approximate surface area is 126 Å². The van der Waals surface area contributed by atoms with Crippen molar-refractivity contribution in [1.29, 1.82) is 0 Å². The van der Waals surface area contributed by atoms with Gasteiger partial charge in [0, 0.05) is 12.6 Å². The zero-order valence-electron chi connectivity index (χ0n) is 12.5. The summed E-state index contributed by atoms with van der Waals surface area (Å²) >= 11 is 0. The fourth-order valence-corrected chi connectivity index (χ4v) is 4.60. The highest BCUT2D eigenvalue weighted by Crippen LogP contribution is 2.29. The van der Waals surface area contributed by atoms with Crippen molar-refractivity contribution in [3.63, 3.8) is 0 Å². The molecule has 0 spiro atoms. The van der Waals surface area contributed by atoms with Gasteiger partial charge in [-0.25, -0.2) is 17.5 Å². The molecule has 1 aromatic carbocycles. The monoisotopic (exact) mass is 314 g/mol. The minimum absolute atomic E-state index is 0.130. The molecule has 3 N–H and O–H groups in total. The normalized spacial score (nSPS) is 26.8. The number of rotatable bonds is 4. The maximum absolute atomic E-state index is 13.8. The Morgan fingerprint density at radius 3 is 2.43 bits per heavy atom. The maximum atomic E-state index is 13.8. The third-order valence-electron chi connectivity index (χ3n) is 4.02. The highest BCUT2D eigenvalue weighted by Gasteiger charge is 2.29. The van der Waals surface area contributed by atoms with E-state index in [9.17, 15) is 12.8 Å². The van der Waals surface area contributed by atoms with Gasteiger partial charge in [-0.3, -0.25) is 0 Å². The molecule has 1 saturated carbocycles. The van der Waals surface area contributed by atoms with E-state index < -0.39 is 15.8 Å². The first-order valence-corrected chi connectivity index (χ1v) is 8.81. The van der Waals surface area contributed by atoms with E-state index in [1.54, 1.807) is 0 Å². The van der Waals surface area contributed by atoms with E-state index in [0.29, 0.717) is 17.4 Å². The molecule has 0 heterocycles. The van der Waals surface area contributed by atoms with Crippen LogP contribution in [-0.4, -0.2) is 14.5 Å². The van der Waals surface area contributed by atoms with E-state index in [1.807, 2.05) is 0 Å². The Balaban J connectivity index is 2.22. The number of halogens is 1. The van der Waals surface area contributed by atoms with Gasteiger partial charge >= 0.3 is 0 Å². The van der Waals surface area contributed by atoms with Crippen molar-refractivity contribution in [1.82, 2.24) is 4.72 Å². The number of nitrogens with one attached hydrogen (secondary N) is 1. The highest BCUT2D eigenvalue weighted by atomic mass is 32.2. The molecule has 0 aliphatic heterocycles. The predicted molar refractivity (Wildman–Crippen MR) is 80.6 cm³/mol. The van der Waals surface area contributed by atoms with Crippen LogP contribution in [0.15, 0.2) is 23.1 Å². The van der Waals surface area contributed by atoms with Gasteiger partial charge in [0.15, 0.2) is 0 Å². The second-order valence-electron chi connectivity index (χ2n) is 6.20. The number of sulfonamides is 1. The first kappa shape index (κ1) is 16.4. The molecule has 1 aliphatic carbocycles. The largest absolute Gasteiger partial charge is 0.326 e. The number of benzene rings is 1. The third kappa shape index (κ3) is 4.02. The molecule has 2 rings (SSSR count). The fraction of sp³-hybridized carbons (Fsp3) is 0.600. The molecule has 1 fully saturated rings. The molecule has 0 bridgehead atoms. The Morgan fingerprint density at radius 1 is 1.24 bits per heavy atom. The highest BCUT2D eigenvalue weighted by molar-refractivity contribution is 7.89. The van der Waals surface area contributed by atoms with Crippen LogP contribution in [0.3, 0.4) is 0 Å². The molecule has 0 aromatic heterocycles. The van der Waals surface area contributed by atoms with Crippen LogP contribution in [0, 0.1) is 17.7 Å². The van der Waals surface area contributed by atoms with Crippen molar-refractivity contribution in [3.05, 3.63) is 29.6 Å². The minimum atomic E-state index is -3.85. The average molecular weight is 314 g/mol. The van der Waals surface area contributed by atoms with Gasteiger partial charge in [-0.15, -0.1) is 0 Å². The number of hydrogen-bond acceptors (Lipinski definition) is 3. The standard InChI is InChI=1S/C15H23FN2O2S/c1-10-5-11(2)7-13(6-10)18-21(19,20)15-8-12(9-17)3-4-14(15)16/h3-4,8,10-11,13,18H,5-7,9,17H2,1-2H3. The van der Waals surface area contributed by atoms with E-state index in [2.05, 4.69) is 18.6 Å². The SMILES string of the molecule is CC1CC(C)CC(NS(=O)(=O)c2cc(CN)ccc2F)C1. The number of nitrogens with two attached hydrogens (primary N) is 1. The Bertz CT molecular complexity index is 594. The van der Waals surface area contributed by atoms with E-state index in [1.165, 1.54) is 12.1 Å². The molecular weight excluding hydrogens is 291 g/mol. The molecule has 0 amide bonds. The second kappa shape index (κ2) is 6.42. The maximum Gasteiger partial charge on any atom is 0.243 e. The third-order valence-corrected chi connectivity index (χ3v) is 5.56. The molecular formula is C15H23FN2O2S. The Morgan fingerprint density at radius 2 is 1.86 bits per heavy atom. The van der Waals surface area contributed by atoms with Crippen molar-refractivity contribution < 1.29 is 12.8 Å². The molecule has 0 saturated heterocycles. The van der Waals surface area contributed by atoms with E-state index >= 15 is 0 Å². The van der Waals surface area contributed by atoms with Gasteiger partial charge in [-0.2, -0.15) is 0 Å². The van der Waals surface area contributed by atoms with Gasteiger partial charge in [0.2, 0.25) is 10.0 Å². The lowest BCUT2D eigenvalue weighted by atomic mass is 9.81. The van der Waals surface area contributed by atoms with Crippen LogP contribution in [0.2, 0.25) is 0 Å². The summed E-state index contributed by atoms with van der Waals surface area (Å²) in [4.78, 5) is -0.309. The van der Waals surface area contributed by atoms with E-state index in [0.717, 1.165) is 25.3 Å². The van der Waals surface area contributed by atoms with E-state index in [-0.39, 0.29) is 17.5 Å². The lowest BCUT2D eigenvalue weighted by Crippen LogP contribution is -2.40. The topological polar surface area (TPSA) is 72.2 Å². The molecule has 21 heavy (non-hydrogen) atoms. The summed E-state index contributed by atoms with van der Waals surface area (Å²) in [7, 11) is -3.85. The van der Waals surface area contributed by atoms with Gasteiger partial charge in [0.25, 0.3) is 0 Å². The first-order valence-electron chi connectivity index (χ1n) is 7.32. The van der Waals surface area contributed by atoms with Crippen LogP contribution in [0.1, 0.15) is 38.7 Å². The summed E-state index contributed by atoms with van der Waals surface area (Å²) in [5, 5.41) is 0. The second-order valence-corrected chi connectivity index (χ2v) is 7.89. The van der Waals surface area contributed by atoms with Gasteiger partial charge in [-0.05, 0) is 48.8 Å². The summed E-state index contributed by atoms with van der Waals surface area (Å²) in [6.07, 6.45) is 2.69. The van der Waals surface area contributed by atoms with Crippen LogP contribution >= 0.6 is 0 Å². The lowest BCUT2D eigenvalue weighted by molar-refractivity contribution is 0.257. The van der Waals surface area contributed by atoms with Gasteiger partial charge < -0.3 is 5.73 Å². The predicted octanol–water partition coefficient (Wildman–Crippen LogP) is 2.39. The Hall–Kier alpha value is -0.980. The minimum Gasteiger partial charge on any atom is -0.326 e. The number of hydrogen-bond donors (Lipinski definition) is 2.